The number of carbonyl (C=O) groups excluding carboxylic acids is 1. The summed E-state index contributed by atoms with van der Waals surface area (Å²) >= 11 is 0. The molecule has 1 aliphatic rings. The second-order valence-electron chi connectivity index (χ2n) is 8.25. The molecule has 0 saturated heterocycles. The maximum Gasteiger partial charge on any atom is 0.189 e. The zero-order chi connectivity index (χ0) is 25.3. The fraction of sp³-hybridized carbons (Fsp3) is 0.407. The summed E-state index contributed by atoms with van der Waals surface area (Å²) in [5.74, 6) is 0.984. The van der Waals surface area contributed by atoms with Crippen LogP contribution in [0.5, 0.6) is 17.2 Å². The molecule has 1 atom stereocenters. The topological polar surface area (TPSA) is 94.6 Å². The first-order valence-electron chi connectivity index (χ1n) is 11.7. The molecular formula is C27H31NO8. The van der Waals surface area contributed by atoms with E-state index in [1.165, 1.54) is 0 Å². The predicted octanol–water partition coefficient (Wildman–Crippen LogP) is 3.90. The Morgan fingerprint density at radius 2 is 1.67 bits per heavy atom. The van der Waals surface area contributed by atoms with E-state index in [9.17, 15) is 4.79 Å². The number of nitrogens with zero attached hydrogens (tertiary/aromatic N) is 1. The van der Waals surface area contributed by atoms with Crippen LogP contribution in [0.15, 0.2) is 42.5 Å². The maximum atomic E-state index is 13.5. The van der Waals surface area contributed by atoms with Crippen LogP contribution >= 0.6 is 0 Å². The first kappa shape index (κ1) is 25.8. The van der Waals surface area contributed by atoms with Crippen molar-refractivity contribution in [2.24, 2.45) is 0 Å². The number of methoxy groups -OCH3 is 2. The Hall–Kier alpha value is -3.24. The molecule has 0 bridgehead atoms. The minimum Gasteiger partial charge on any atom is -0.492 e. The normalized spacial score (nSPS) is 15.0. The van der Waals surface area contributed by atoms with E-state index in [2.05, 4.69) is 4.98 Å². The van der Waals surface area contributed by atoms with Crippen molar-refractivity contribution in [2.75, 3.05) is 60.8 Å². The van der Waals surface area contributed by atoms with Gasteiger partial charge in [-0.05, 0) is 31.2 Å². The van der Waals surface area contributed by atoms with Crippen molar-refractivity contribution >= 4 is 16.7 Å². The van der Waals surface area contributed by atoms with Crippen LogP contribution in [0.2, 0.25) is 0 Å². The third-order valence-corrected chi connectivity index (χ3v) is 5.75. The Balaban J connectivity index is 1.54. The number of ether oxygens (including phenoxy) is 7. The molecule has 9 nitrogen and oxygen atoms in total. The number of aromatic nitrogens is 1. The molecule has 2 heterocycles. The highest BCUT2D eigenvalue weighted by atomic mass is 16.7. The van der Waals surface area contributed by atoms with E-state index in [-0.39, 0.29) is 26.0 Å². The number of carbonyl (C=O) groups is 1. The average molecular weight is 498 g/mol. The van der Waals surface area contributed by atoms with E-state index >= 15 is 0 Å². The van der Waals surface area contributed by atoms with E-state index in [0.717, 1.165) is 22.2 Å². The molecule has 0 saturated carbocycles. The van der Waals surface area contributed by atoms with Crippen molar-refractivity contribution in [1.82, 2.24) is 4.98 Å². The van der Waals surface area contributed by atoms with Crippen LogP contribution in [0.1, 0.15) is 27.5 Å². The fourth-order valence-corrected chi connectivity index (χ4v) is 3.87. The highest BCUT2D eigenvalue weighted by molar-refractivity contribution is 6.05. The first-order chi connectivity index (χ1) is 17.6. The Labute approximate surface area is 210 Å². The summed E-state index contributed by atoms with van der Waals surface area (Å²) in [5.41, 5.74) is 2.89. The highest BCUT2D eigenvalue weighted by Gasteiger charge is 2.33. The number of ketones is 1. The van der Waals surface area contributed by atoms with Gasteiger partial charge in [0.05, 0.1) is 43.4 Å². The maximum absolute atomic E-state index is 13.5. The van der Waals surface area contributed by atoms with Crippen molar-refractivity contribution in [3.8, 4) is 17.2 Å². The zero-order valence-electron chi connectivity index (χ0n) is 20.8. The van der Waals surface area contributed by atoms with Gasteiger partial charge in [-0.2, -0.15) is 0 Å². The second-order valence-corrected chi connectivity index (χ2v) is 8.25. The molecule has 3 aromatic rings. The number of benzene rings is 2. The van der Waals surface area contributed by atoms with Crippen molar-refractivity contribution < 1.29 is 38.0 Å². The van der Waals surface area contributed by atoms with Gasteiger partial charge in [0.15, 0.2) is 19.4 Å². The SMILES string of the molecule is COCCOCOc1ccc2c(c1)OCC(c1cc3ccc(C)nc3cc1OCOCCOC)C2=O. The summed E-state index contributed by atoms with van der Waals surface area (Å²) in [6.07, 6.45) is 0. The van der Waals surface area contributed by atoms with Gasteiger partial charge in [-0.15, -0.1) is 0 Å². The quantitative estimate of drug-likeness (QED) is 0.257. The molecule has 0 aliphatic carbocycles. The van der Waals surface area contributed by atoms with Gasteiger partial charge in [-0.3, -0.25) is 9.78 Å². The van der Waals surface area contributed by atoms with Crippen LogP contribution in [0.4, 0.5) is 0 Å². The van der Waals surface area contributed by atoms with Crippen LogP contribution in [-0.4, -0.2) is 71.6 Å². The molecule has 1 aliphatic heterocycles. The molecule has 192 valence electrons. The molecule has 0 radical (unpaired) electrons. The molecule has 0 N–H and O–H groups in total. The van der Waals surface area contributed by atoms with Gasteiger partial charge in [0.2, 0.25) is 0 Å². The summed E-state index contributed by atoms with van der Waals surface area (Å²) in [6.45, 7) is 3.99. The second kappa shape index (κ2) is 12.6. The van der Waals surface area contributed by atoms with Crippen LogP contribution < -0.4 is 14.2 Å². The van der Waals surface area contributed by atoms with Crippen molar-refractivity contribution in [1.29, 1.82) is 0 Å². The standard InChI is InChI=1S/C27H31NO8/c1-18-4-5-19-12-22(26(14-24(19)28-18)36-17-33-11-9-31-3)23-15-34-25-13-20(6-7-21(25)27(23)29)35-16-32-10-8-30-2/h4-7,12-14,23H,8-11,15-17H2,1-3H3. The van der Waals surface area contributed by atoms with Gasteiger partial charge in [0.25, 0.3) is 0 Å². The minimum absolute atomic E-state index is 0.0270. The zero-order valence-corrected chi connectivity index (χ0v) is 20.8. The van der Waals surface area contributed by atoms with Crippen molar-refractivity contribution in [2.45, 2.75) is 12.8 Å². The lowest BCUT2D eigenvalue weighted by molar-refractivity contribution is -0.00916. The number of aryl methyl sites for hydroxylation is 1. The third kappa shape index (κ3) is 6.30. The summed E-state index contributed by atoms with van der Waals surface area (Å²) in [4.78, 5) is 18.1. The van der Waals surface area contributed by atoms with Crippen LogP contribution in [-0.2, 0) is 18.9 Å². The lowest BCUT2D eigenvalue weighted by Gasteiger charge is -2.26. The van der Waals surface area contributed by atoms with Gasteiger partial charge in [0, 0.05) is 43.0 Å². The Kier molecular flexibility index (Phi) is 9.07. The summed E-state index contributed by atoms with van der Waals surface area (Å²) in [6, 6.07) is 12.9. The van der Waals surface area contributed by atoms with Crippen LogP contribution in [0, 0.1) is 6.92 Å². The Morgan fingerprint density at radius 1 is 0.917 bits per heavy atom. The number of rotatable bonds is 13. The molecule has 36 heavy (non-hydrogen) atoms. The van der Waals surface area contributed by atoms with Gasteiger partial charge < -0.3 is 33.2 Å². The smallest absolute Gasteiger partial charge is 0.189 e. The molecule has 0 amide bonds. The van der Waals surface area contributed by atoms with E-state index in [1.54, 1.807) is 32.4 Å². The summed E-state index contributed by atoms with van der Waals surface area (Å²) in [7, 11) is 3.22. The molecule has 4 rings (SSSR count). The Morgan fingerprint density at radius 3 is 2.42 bits per heavy atom. The number of hydrogen-bond acceptors (Lipinski definition) is 9. The number of pyridine rings is 1. The van der Waals surface area contributed by atoms with Crippen LogP contribution in [0.3, 0.4) is 0 Å². The third-order valence-electron chi connectivity index (χ3n) is 5.75. The lowest BCUT2D eigenvalue weighted by Crippen LogP contribution is -2.26. The van der Waals surface area contributed by atoms with Crippen molar-refractivity contribution in [3.63, 3.8) is 0 Å². The van der Waals surface area contributed by atoms with E-state index < -0.39 is 5.92 Å². The van der Waals surface area contributed by atoms with E-state index in [1.807, 2.05) is 31.2 Å². The largest absolute Gasteiger partial charge is 0.492 e. The van der Waals surface area contributed by atoms with E-state index in [0.29, 0.717) is 49.2 Å². The summed E-state index contributed by atoms with van der Waals surface area (Å²) in [5, 5.41) is 0.916. The monoisotopic (exact) mass is 497 g/mol. The molecule has 0 fully saturated rings. The first-order valence-corrected chi connectivity index (χ1v) is 11.7. The molecule has 9 heteroatoms. The number of fused-ring (bicyclic) bond motifs is 2. The van der Waals surface area contributed by atoms with Gasteiger partial charge in [-0.25, -0.2) is 0 Å². The van der Waals surface area contributed by atoms with Gasteiger partial charge in [-0.1, -0.05) is 6.07 Å². The average Bonchev–Trinajstić information content (AvgIpc) is 2.88. The molecule has 1 unspecified atom stereocenters. The van der Waals surface area contributed by atoms with E-state index in [4.69, 9.17) is 33.2 Å². The molecular weight excluding hydrogens is 466 g/mol. The van der Waals surface area contributed by atoms with Gasteiger partial charge in [0.1, 0.15) is 23.9 Å². The molecule has 1 aromatic heterocycles. The minimum atomic E-state index is -0.540. The lowest BCUT2D eigenvalue weighted by atomic mass is 9.87. The van der Waals surface area contributed by atoms with Crippen LogP contribution in [0.25, 0.3) is 10.9 Å². The molecule has 0 spiro atoms. The number of hydrogen-bond donors (Lipinski definition) is 0. The highest BCUT2D eigenvalue weighted by Crippen LogP contribution is 2.39. The number of Topliss-reactive ketones (excluding diaryl/α,β-unsaturated/α-hetero) is 1. The Bertz CT molecular complexity index is 1180. The van der Waals surface area contributed by atoms with Crippen molar-refractivity contribution in [3.05, 3.63) is 59.3 Å². The summed E-state index contributed by atoms with van der Waals surface area (Å²) < 4.78 is 38.3. The molecule has 2 aromatic carbocycles. The van der Waals surface area contributed by atoms with Gasteiger partial charge >= 0.3 is 0 Å². The fourth-order valence-electron chi connectivity index (χ4n) is 3.87. The predicted molar refractivity (Wildman–Crippen MR) is 132 cm³/mol.